The molecule has 3 heterocycles. The van der Waals surface area contributed by atoms with E-state index in [1.165, 1.54) is 22.1 Å². The Morgan fingerprint density at radius 2 is 1.02 bits per heavy atom. The van der Waals surface area contributed by atoms with Crippen molar-refractivity contribution in [1.29, 1.82) is 0 Å². The molecule has 0 amide bonds. The lowest BCUT2D eigenvalue weighted by molar-refractivity contribution is 0.313. The summed E-state index contributed by atoms with van der Waals surface area (Å²) < 4.78 is 6.14. The first-order chi connectivity index (χ1) is 21.1. The molecule has 2 aliphatic rings. The number of benzene rings is 5. The first kappa shape index (κ1) is 26.2. The Balaban J connectivity index is 1.31. The largest absolute Gasteiger partial charge is 0.457 e. The second kappa shape index (κ2) is 10.7. The lowest BCUT2D eigenvalue weighted by atomic mass is 9.97. The molecule has 7 heteroatoms. The number of rotatable bonds is 4. The summed E-state index contributed by atoms with van der Waals surface area (Å²) in [6, 6.07) is 29.7. The molecule has 5 aromatic carbocycles. The van der Waals surface area contributed by atoms with Crippen LogP contribution in [0.2, 0.25) is 0 Å². The molecule has 216 valence electrons. The maximum atomic E-state index is 6.14. The SMILES string of the molecule is CN1CCN(c2ccc3c(c2)c2cc(N4CCN(C)CC4)ccc2c2nc4cc(Oc5ccccc5)ccc4nc32)CC1. The van der Waals surface area contributed by atoms with Gasteiger partial charge in [0.1, 0.15) is 11.5 Å². The quantitative estimate of drug-likeness (QED) is 0.181. The van der Waals surface area contributed by atoms with Gasteiger partial charge in [-0.2, -0.15) is 0 Å². The van der Waals surface area contributed by atoms with Gasteiger partial charge in [-0.15, -0.1) is 0 Å². The molecule has 0 atom stereocenters. The summed E-state index contributed by atoms with van der Waals surface area (Å²) in [7, 11) is 4.41. The molecule has 7 nitrogen and oxygen atoms in total. The molecule has 43 heavy (non-hydrogen) atoms. The van der Waals surface area contributed by atoms with Crippen LogP contribution in [0.4, 0.5) is 11.4 Å². The van der Waals surface area contributed by atoms with Gasteiger partial charge >= 0.3 is 0 Å². The first-order valence-electron chi connectivity index (χ1n) is 15.3. The lowest BCUT2D eigenvalue weighted by Crippen LogP contribution is -2.44. The number of piperazine rings is 2. The van der Waals surface area contributed by atoms with E-state index in [1.54, 1.807) is 0 Å². The fraction of sp³-hybridized carbons (Fsp3) is 0.278. The van der Waals surface area contributed by atoms with Gasteiger partial charge in [-0.3, -0.25) is 0 Å². The monoisotopic (exact) mass is 568 g/mol. The summed E-state index contributed by atoms with van der Waals surface area (Å²) >= 11 is 0. The molecule has 0 spiro atoms. The maximum absolute atomic E-state index is 6.14. The highest BCUT2D eigenvalue weighted by Crippen LogP contribution is 2.38. The van der Waals surface area contributed by atoms with Gasteiger partial charge in [-0.05, 0) is 73.4 Å². The van der Waals surface area contributed by atoms with E-state index in [2.05, 4.69) is 70.1 Å². The standard InChI is InChI=1S/C36H36N6O/c1-39-14-18-41(19-15-39)25-8-11-29-31(22-25)32-23-26(42-20-16-40(2)17-21-42)9-12-30(32)36-35(29)37-33-13-10-28(24-34(33)38-36)43-27-6-4-3-5-7-27/h3-13,22-24H,14-21H2,1-2H3. The molecule has 1 aromatic heterocycles. The van der Waals surface area contributed by atoms with Crippen molar-refractivity contribution in [3.63, 3.8) is 0 Å². The molecule has 8 rings (SSSR count). The van der Waals surface area contributed by atoms with E-state index in [0.29, 0.717) is 0 Å². The highest BCUT2D eigenvalue weighted by Gasteiger charge is 2.20. The number of hydrogen-bond acceptors (Lipinski definition) is 7. The summed E-state index contributed by atoms with van der Waals surface area (Å²) in [5.74, 6) is 1.56. The zero-order valence-electron chi connectivity index (χ0n) is 24.8. The number of anilines is 2. The Hall–Kier alpha value is -4.46. The third-order valence-electron chi connectivity index (χ3n) is 9.16. The summed E-state index contributed by atoms with van der Waals surface area (Å²) in [4.78, 5) is 20.3. The van der Waals surface area contributed by atoms with Gasteiger partial charge < -0.3 is 24.3 Å². The summed E-state index contributed by atoms with van der Waals surface area (Å²) in [5.41, 5.74) is 6.14. The van der Waals surface area contributed by atoms with Crippen LogP contribution in [0.5, 0.6) is 11.5 Å². The van der Waals surface area contributed by atoms with E-state index >= 15 is 0 Å². The minimum Gasteiger partial charge on any atom is -0.457 e. The fourth-order valence-electron chi connectivity index (χ4n) is 6.54. The Morgan fingerprint density at radius 1 is 0.488 bits per heavy atom. The van der Waals surface area contributed by atoms with Gasteiger partial charge in [0.25, 0.3) is 0 Å². The van der Waals surface area contributed by atoms with Crippen molar-refractivity contribution >= 4 is 55.0 Å². The number of aromatic nitrogens is 2. The van der Waals surface area contributed by atoms with Crippen molar-refractivity contribution in [3.05, 3.63) is 84.9 Å². The number of likely N-dealkylation sites (N-methyl/N-ethyl adjacent to an activating group) is 2. The van der Waals surface area contributed by atoms with Gasteiger partial charge in [-0.25, -0.2) is 9.97 Å². The van der Waals surface area contributed by atoms with E-state index in [9.17, 15) is 0 Å². The molecular formula is C36H36N6O. The molecular weight excluding hydrogens is 532 g/mol. The number of ether oxygens (including phenoxy) is 1. The van der Waals surface area contributed by atoms with Crippen LogP contribution in [-0.2, 0) is 0 Å². The summed E-state index contributed by atoms with van der Waals surface area (Å²) in [6.45, 7) is 8.47. The zero-order valence-corrected chi connectivity index (χ0v) is 24.8. The summed E-state index contributed by atoms with van der Waals surface area (Å²) in [5, 5.41) is 4.77. The second-order valence-electron chi connectivity index (χ2n) is 12.0. The van der Waals surface area contributed by atoms with Gasteiger partial charge in [0.15, 0.2) is 0 Å². The fourth-order valence-corrected chi connectivity index (χ4v) is 6.54. The number of nitrogens with zero attached hydrogens (tertiary/aromatic N) is 6. The van der Waals surface area contributed by atoms with E-state index in [-0.39, 0.29) is 0 Å². The van der Waals surface area contributed by atoms with Gasteiger partial charge in [0, 0.05) is 80.6 Å². The Bertz CT molecular complexity index is 1960. The smallest absolute Gasteiger partial charge is 0.129 e. The van der Waals surface area contributed by atoms with Gasteiger partial charge in [0.2, 0.25) is 0 Å². The van der Waals surface area contributed by atoms with Crippen LogP contribution in [0.25, 0.3) is 43.6 Å². The highest BCUT2D eigenvalue weighted by molar-refractivity contribution is 6.24. The average molecular weight is 569 g/mol. The number of fused-ring (bicyclic) bond motifs is 7. The molecule has 0 unspecified atom stereocenters. The third-order valence-corrected chi connectivity index (χ3v) is 9.16. The molecule has 0 N–H and O–H groups in total. The molecule has 0 bridgehead atoms. The predicted octanol–water partition coefficient (Wildman–Crippen LogP) is 6.39. The predicted molar refractivity (Wildman–Crippen MR) is 178 cm³/mol. The molecule has 2 aliphatic heterocycles. The van der Waals surface area contributed by atoms with E-state index < -0.39 is 0 Å². The molecule has 2 saturated heterocycles. The second-order valence-corrected chi connectivity index (χ2v) is 12.0. The van der Waals surface area contributed by atoms with Crippen LogP contribution in [0.3, 0.4) is 0 Å². The summed E-state index contributed by atoms with van der Waals surface area (Å²) in [6.07, 6.45) is 0. The highest BCUT2D eigenvalue weighted by atomic mass is 16.5. The van der Waals surface area contributed by atoms with Crippen molar-refractivity contribution < 1.29 is 4.74 Å². The topological polar surface area (TPSA) is 48.0 Å². The van der Waals surface area contributed by atoms with Crippen molar-refractivity contribution in [2.24, 2.45) is 0 Å². The van der Waals surface area contributed by atoms with E-state index in [4.69, 9.17) is 14.7 Å². The van der Waals surface area contributed by atoms with Crippen molar-refractivity contribution in [3.8, 4) is 11.5 Å². The number of para-hydroxylation sites is 1. The van der Waals surface area contributed by atoms with E-state index in [1.807, 2.05) is 48.5 Å². The van der Waals surface area contributed by atoms with Crippen molar-refractivity contribution in [2.45, 2.75) is 0 Å². The molecule has 0 radical (unpaired) electrons. The van der Waals surface area contributed by atoms with Crippen LogP contribution in [0.1, 0.15) is 0 Å². The Labute approximate surface area is 251 Å². The zero-order chi connectivity index (χ0) is 28.9. The Kier molecular flexibility index (Phi) is 6.50. The molecule has 0 saturated carbocycles. The van der Waals surface area contributed by atoms with Crippen LogP contribution >= 0.6 is 0 Å². The van der Waals surface area contributed by atoms with Crippen LogP contribution < -0.4 is 14.5 Å². The molecule has 6 aromatic rings. The maximum Gasteiger partial charge on any atom is 0.129 e. The minimum absolute atomic E-state index is 0.756. The number of hydrogen-bond donors (Lipinski definition) is 0. The van der Waals surface area contributed by atoms with Gasteiger partial charge in [-0.1, -0.05) is 30.3 Å². The Morgan fingerprint density at radius 3 is 1.58 bits per heavy atom. The normalized spacial score (nSPS) is 17.0. The minimum atomic E-state index is 0.756. The third kappa shape index (κ3) is 4.88. The molecule has 0 aliphatic carbocycles. The van der Waals surface area contributed by atoms with Gasteiger partial charge in [0.05, 0.1) is 22.1 Å². The average Bonchev–Trinajstić information content (AvgIpc) is 3.05. The van der Waals surface area contributed by atoms with Crippen LogP contribution in [-0.4, -0.2) is 86.2 Å². The van der Waals surface area contributed by atoms with E-state index in [0.717, 1.165) is 96.7 Å². The lowest BCUT2D eigenvalue weighted by Gasteiger charge is -2.34. The van der Waals surface area contributed by atoms with Crippen molar-refractivity contribution in [1.82, 2.24) is 19.8 Å². The van der Waals surface area contributed by atoms with Crippen LogP contribution in [0, 0.1) is 0 Å². The van der Waals surface area contributed by atoms with Crippen molar-refractivity contribution in [2.75, 3.05) is 76.3 Å². The first-order valence-corrected chi connectivity index (χ1v) is 15.3. The van der Waals surface area contributed by atoms with Crippen LogP contribution in [0.15, 0.2) is 84.9 Å². The molecule has 2 fully saturated rings.